The minimum absolute atomic E-state index is 0.800. The fourth-order valence-electron chi connectivity index (χ4n) is 2.13. The predicted octanol–water partition coefficient (Wildman–Crippen LogP) is 3.67. The molecule has 0 aliphatic heterocycles. The molecule has 1 aromatic carbocycles. The van der Waals surface area contributed by atoms with Gasteiger partial charge in [-0.2, -0.15) is 5.10 Å². The van der Waals surface area contributed by atoms with Crippen LogP contribution in [0, 0.1) is 6.92 Å². The van der Waals surface area contributed by atoms with E-state index in [1.165, 1.54) is 0 Å². The zero-order valence-corrected chi connectivity index (χ0v) is 14.4. The van der Waals surface area contributed by atoms with Crippen LogP contribution in [0.3, 0.4) is 0 Å². The number of aromatic amines is 1. The Morgan fingerprint density at radius 3 is 2.90 bits per heavy atom. The molecule has 3 aromatic rings. The second kappa shape index (κ2) is 5.73. The number of benzene rings is 1. The van der Waals surface area contributed by atoms with E-state index in [0.29, 0.717) is 0 Å². The monoisotopic (exact) mass is 366 g/mol. The summed E-state index contributed by atoms with van der Waals surface area (Å²) in [5.41, 5.74) is 4.08. The summed E-state index contributed by atoms with van der Waals surface area (Å²) in [4.78, 5) is 7.89. The number of ether oxygens (including phenoxy) is 1. The van der Waals surface area contributed by atoms with E-state index >= 15 is 0 Å². The maximum atomic E-state index is 5.22. The Morgan fingerprint density at radius 2 is 2.24 bits per heavy atom. The minimum atomic E-state index is 0.800. The minimum Gasteiger partial charge on any atom is -0.497 e. The lowest BCUT2D eigenvalue weighted by molar-refractivity contribution is 0.415. The number of nitrogens with zero attached hydrogens (tertiary/aromatic N) is 3. The van der Waals surface area contributed by atoms with Crippen molar-refractivity contribution in [2.75, 3.05) is 7.11 Å². The highest BCUT2D eigenvalue weighted by molar-refractivity contribution is 9.10. The van der Waals surface area contributed by atoms with E-state index in [2.05, 4.69) is 31.0 Å². The molecule has 7 heteroatoms. The lowest BCUT2D eigenvalue weighted by atomic mass is 10.3. The van der Waals surface area contributed by atoms with Gasteiger partial charge in [0.2, 0.25) is 0 Å². The lowest BCUT2D eigenvalue weighted by Gasteiger charge is -2.00. The molecule has 0 saturated heterocycles. The normalized spacial score (nSPS) is 11.2. The molecule has 0 amide bonds. The van der Waals surface area contributed by atoms with Crippen molar-refractivity contribution in [3.63, 3.8) is 0 Å². The Labute approximate surface area is 135 Å². The third kappa shape index (κ3) is 2.80. The molecule has 2 aromatic heterocycles. The number of rotatable bonds is 4. The molecular weight excluding hydrogens is 352 g/mol. The highest BCUT2D eigenvalue weighted by atomic mass is 79.9. The Bertz CT molecular complexity index is 796. The largest absolute Gasteiger partial charge is 0.497 e. The summed E-state index contributed by atoms with van der Waals surface area (Å²) in [7, 11) is 3.62. The van der Waals surface area contributed by atoms with Crippen LogP contribution < -0.4 is 4.74 Å². The Balaban J connectivity index is 1.82. The number of fused-ring (bicyclic) bond motifs is 1. The van der Waals surface area contributed by atoms with E-state index < -0.39 is 0 Å². The predicted molar refractivity (Wildman–Crippen MR) is 87.9 cm³/mol. The molecule has 0 spiro atoms. The second-order valence-electron chi connectivity index (χ2n) is 4.68. The molecule has 21 heavy (non-hydrogen) atoms. The molecule has 110 valence electrons. The van der Waals surface area contributed by atoms with Crippen molar-refractivity contribution < 1.29 is 4.74 Å². The Kier molecular flexibility index (Phi) is 3.95. The SMILES string of the molecule is COc1ccc2nc(SCc3c(Br)c(C)nn3C)[nH]c2c1. The summed E-state index contributed by atoms with van der Waals surface area (Å²) in [6.07, 6.45) is 0. The number of aryl methyl sites for hydroxylation is 2. The van der Waals surface area contributed by atoms with E-state index in [4.69, 9.17) is 4.74 Å². The van der Waals surface area contributed by atoms with Crippen molar-refractivity contribution in [2.45, 2.75) is 17.8 Å². The number of H-pyrrole nitrogens is 1. The van der Waals surface area contributed by atoms with Gasteiger partial charge in [-0.1, -0.05) is 11.8 Å². The molecule has 0 radical (unpaired) electrons. The van der Waals surface area contributed by atoms with Gasteiger partial charge in [-0.25, -0.2) is 4.98 Å². The van der Waals surface area contributed by atoms with Gasteiger partial charge in [0, 0.05) is 18.9 Å². The van der Waals surface area contributed by atoms with Crippen molar-refractivity contribution in [1.82, 2.24) is 19.7 Å². The van der Waals surface area contributed by atoms with Crippen molar-refractivity contribution >= 4 is 38.7 Å². The quantitative estimate of drug-likeness (QED) is 0.715. The molecule has 0 fully saturated rings. The number of nitrogens with one attached hydrogen (secondary N) is 1. The first kappa shape index (κ1) is 14.5. The number of aromatic nitrogens is 4. The molecule has 0 saturated carbocycles. The third-order valence-corrected chi connectivity index (χ3v) is 5.19. The van der Waals surface area contributed by atoms with Crippen LogP contribution in [0.1, 0.15) is 11.4 Å². The van der Waals surface area contributed by atoms with E-state index in [-0.39, 0.29) is 0 Å². The summed E-state index contributed by atoms with van der Waals surface area (Å²) in [5, 5.41) is 5.29. The van der Waals surface area contributed by atoms with Gasteiger partial charge in [-0.3, -0.25) is 4.68 Å². The van der Waals surface area contributed by atoms with Gasteiger partial charge >= 0.3 is 0 Å². The number of imidazole rings is 1. The van der Waals surface area contributed by atoms with Crippen LogP contribution in [0.5, 0.6) is 5.75 Å². The topological polar surface area (TPSA) is 55.7 Å². The summed E-state index contributed by atoms with van der Waals surface area (Å²) in [5.74, 6) is 1.63. The molecule has 2 heterocycles. The smallest absolute Gasteiger partial charge is 0.166 e. The number of thioether (sulfide) groups is 1. The molecule has 1 N–H and O–H groups in total. The molecule has 0 aliphatic rings. The fraction of sp³-hybridized carbons (Fsp3) is 0.286. The maximum absolute atomic E-state index is 5.22. The first-order valence-corrected chi connectivity index (χ1v) is 8.21. The molecule has 0 atom stereocenters. The van der Waals surface area contributed by atoms with Gasteiger partial charge in [-0.15, -0.1) is 0 Å². The maximum Gasteiger partial charge on any atom is 0.166 e. The van der Waals surface area contributed by atoms with E-state index in [1.54, 1.807) is 18.9 Å². The zero-order valence-electron chi connectivity index (χ0n) is 12.0. The van der Waals surface area contributed by atoms with Gasteiger partial charge in [0.15, 0.2) is 5.16 Å². The van der Waals surface area contributed by atoms with Gasteiger partial charge in [0.25, 0.3) is 0 Å². The van der Waals surface area contributed by atoms with Crippen molar-refractivity contribution in [3.05, 3.63) is 34.1 Å². The van der Waals surface area contributed by atoms with Crippen LogP contribution in [0.25, 0.3) is 11.0 Å². The van der Waals surface area contributed by atoms with E-state index in [9.17, 15) is 0 Å². The Morgan fingerprint density at radius 1 is 1.43 bits per heavy atom. The number of halogens is 1. The second-order valence-corrected chi connectivity index (χ2v) is 6.44. The standard InChI is InChI=1S/C14H15BrN4OS/c1-8-13(15)12(19(2)18-8)7-21-14-16-10-5-4-9(20-3)6-11(10)17-14/h4-6H,7H2,1-3H3,(H,16,17). The van der Waals surface area contributed by atoms with Gasteiger partial charge in [-0.05, 0) is 35.0 Å². The summed E-state index contributed by atoms with van der Waals surface area (Å²) in [6, 6.07) is 5.83. The molecule has 5 nitrogen and oxygen atoms in total. The first-order valence-electron chi connectivity index (χ1n) is 6.43. The number of hydrogen-bond acceptors (Lipinski definition) is 4. The van der Waals surface area contributed by atoms with Gasteiger partial charge in [0.1, 0.15) is 5.75 Å². The molecule has 0 unspecified atom stereocenters. The van der Waals surface area contributed by atoms with Crippen LogP contribution in [-0.2, 0) is 12.8 Å². The highest BCUT2D eigenvalue weighted by Gasteiger charge is 2.12. The number of methoxy groups -OCH3 is 1. The van der Waals surface area contributed by atoms with Gasteiger partial charge in [0.05, 0.1) is 34.0 Å². The van der Waals surface area contributed by atoms with Crippen LogP contribution in [0.15, 0.2) is 27.8 Å². The van der Waals surface area contributed by atoms with Gasteiger partial charge < -0.3 is 9.72 Å². The van der Waals surface area contributed by atoms with Crippen molar-refractivity contribution in [3.8, 4) is 5.75 Å². The van der Waals surface area contributed by atoms with Crippen LogP contribution in [0.4, 0.5) is 0 Å². The molecule has 3 rings (SSSR count). The first-order chi connectivity index (χ1) is 10.1. The molecular formula is C14H15BrN4OS. The van der Waals surface area contributed by atoms with Crippen LogP contribution in [0.2, 0.25) is 0 Å². The Hall–Kier alpha value is -1.47. The lowest BCUT2D eigenvalue weighted by Crippen LogP contribution is -1.96. The summed E-state index contributed by atoms with van der Waals surface area (Å²) >= 11 is 5.24. The summed E-state index contributed by atoms with van der Waals surface area (Å²) < 4.78 is 8.19. The summed E-state index contributed by atoms with van der Waals surface area (Å²) in [6.45, 7) is 1.99. The average Bonchev–Trinajstić information content (AvgIpc) is 2.98. The third-order valence-electron chi connectivity index (χ3n) is 3.27. The van der Waals surface area contributed by atoms with Crippen LogP contribution >= 0.6 is 27.7 Å². The number of hydrogen-bond donors (Lipinski definition) is 1. The van der Waals surface area contributed by atoms with Crippen molar-refractivity contribution in [1.29, 1.82) is 0 Å². The van der Waals surface area contributed by atoms with E-state index in [0.717, 1.165) is 43.6 Å². The molecule has 0 bridgehead atoms. The highest BCUT2D eigenvalue weighted by Crippen LogP contribution is 2.29. The van der Waals surface area contributed by atoms with Crippen LogP contribution in [-0.4, -0.2) is 26.9 Å². The molecule has 0 aliphatic carbocycles. The fourth-order valence-corrected chi connectivity index (χ4v) is 3.75. The van der Waals surface area contributed by atoms with E-state index in [1.807, 2.05) is 36.9 Å². The zero-order chi connectivity index (χ0) is 15.0. The average molecular weight is 367 g/mol. The van der Waals surface area contributed by atoms with Crippen molar-refractivity contribution in [2.24, 2.45) is 7.05 Å².